The first-order valence-electron chi connectivity index (χ1n) is 10.8. The predicted octanol–water partition coefficient (Wildman–Crippen LogP) is 2.02. The van der Waals surface area contributed by atoms with Crippen molar-refractivity contribution < 1.29 is 14.3 Å². The number of piperidine rings is 1. The number of carbonyl (C=O) groups excluding carboxylic acids is 2. The van der Waals surface area contributed by atoms with Crippen molar-refractivity contribution in [2.75, 3.05) is 39.8 Å². The SMILES string of the molecule is CCNC(=S)N1CCC([C@H](NC(=O)c2cccc(OC)c2)C(=O)N2CCCC2)CC1. The summed E-state index contributed by atoms with van der Waals surface area (Å²) in [6, 6.07) is 6.51. The van der Waals surface area contributed by atoms with E-state index in [-0.39, 0.29) is 17.7 Å². The highest BCUT2D eigenvalue weighted by molar-refractivity contribution is 7.80. The maximum Gasteiger partial charge on any atom is 0.252 e. The Morgan fingerprint density at radius 2 is 1.87 bits per heavy atom. The van der Waals surface area contributed by atoms with Gasteiger partial charge in [0.1, 0.15) is 11.8 Å². The van der Waals surface area contributed by atoms with Crippen molar-refractivity contribution in [1.29, 1.82) is 0 Å². The van der Waals surface area contributed by atoms with E-state index in [1.54, 1.807) is 31.4 Å². The van der Waals surface area contributed by atoms with Gasteiger partial charge in [0.15, 0.2) is 5.11 Å². The number of methoxy groups -OCH3 is 1. The van der Waals surface area contributed by atoms with E-state index in [4.69, 9.17) is 17.0 Å². The Bertz CT molecular complexity index is 759. The van der Waals surface area contributed by atoms with Gasteiger partial charge in [-0.3, -0.25) is 9.59 Å². The molecule has 2 saturated heterocycles. The number of benzene rings is 1. The van der Waals surface area contributed by atoms with Crippen molar-refractivity contribution in [2.24, 2.45) is 5.92 Å². The van der Waals surface area contributed by atoms with Crippen molar-refractivity contribution in [3.8, 4) is 5.75 Å². The molecule has 0 bridgehead atoms. The molecule has 0 unspecified atom stereocenters. The highest BCUT2D eigenvalue weighted by Crippen LogP contribution is 2.24. The van der Waals surface area contributed by atoms with Crippen LogP contribution in [-0.4, -0.2) is 72.6 Å². The van der Waals surface area contributed by atoms with Gasteiger partial charge in [-0.1, -0.05) is 6.07 Å². The van der Waals surface area contributed by atoms with Crippen LogP contribution in [0.2, 0.25) is 0 Å². The Labute approximate surface area is 184 Å². The lowest BCUT2D eigenvalue weighted by Crippen LogP contribution is -2.55. The summed E-state index contributed by atoms with van der Waals surface area (Å²) in [5, 5.41) is 7.00. The molecule has 0 aliphatic carbocycles. The van der Waals surface area contributed by atoms with E-state index in [0.717, 1.165) is 63.5 Å². The molecule has 1 aromatic carbocycles. The van der Waals surface area contributed by atoms with Gasteiger partial charge < -0.3 is 25.2 Å². The molecule has 2 aliphatic heterocycles. The standard InChI is InChI=1S/C22H32N4O3S/c1-3-23-22(30)26-13-9-16(10-14-26)19(21(28)25-11-4-5-12-25)24-20(27)17-7-6-8-18(15-17)29-2/h6-8,15-16,19H,3-5,9-14H2,1-2H3,(H,23,30)(H,24,27)/t19-/m0/s1. The monoisotopic (exact) mass is 432 g/mol. The lowest BCUT2D eigenvalue weighted by molar-refractivity contribution is -0.134. The summed E-state index contributed by atoms with van der Waals surface area (Å²) >= 11 is 5.43. The Balaban J connectivity index is 1.71. The summed E-state index contributed by atoms with van der Waals surface area (Å²) in [7, 11) is 1.57. The second-order valence-electron chi connectivity index (χ2n) is 7.88. The van der Waals surface area contributed by atoms with E-state index in [1.165, 1.54) is 0 Å². The Morgan fingerprint density at radius 3 is 2.50 bits per heavy atom. The molecule has 0 aromatic heterocycles. The molecule has 2 amide bonds. The number of rotatable bonds is 6. The van der Waals surface area contributed by atoms with Crippen LogP contribution in [0.4, 0.5) is 0 Å². The number of ether oxygens (including phenoxy) is 1. The molecule has 8 heteroatoms. The molecule has 164 valence electrons. The van der Waals surface area contributed by atoms with E-state index in [1.807, 2.05) is 11.8 Å². The molecule has 1 atom stereocenters. The summed E-state index contributed by atoms with van der Waals surface area (Å²) in [6.07, 6.45) is 3.68. The van der Waals surface area contributed by atoms with Gasteiger partial charge in [0.2, 0.25) is 5.91 Å². The zero-order chi connectivity index (χ0) is 21.5. The molecule has 0 saturated carbocycles. The largest absolute Gasteiger partial charge is 0.497 e. The van der Waals surface area contributed by atoms with Crippen LogP contribution in [0.3, 0.4) is 0 Å². The minimum atomic E-state index is -0.517. The van der Waals surface area contributed by atoms with Crippen LogP contribution in [0.15, 0.2) is 24.3 Å². The smallest absolute Gasteiger partial charge is 0.252 e. The summed E-state index contributed by atoms with van der Waals surface area (Å²) in [5.41, 5.74) is 0.499. The van der Waals surface area contributed by atoms with Gasteiger partial charge in [-0.15, -0.1) is 0 Å². The first kappa shape index (κ1) is 22.3. The third kappa shape index (κ3) is 5.41. The first-order chi connectivity index (χ1) is 14.5. The van der Waals surface area contributed by atoms with Crippen LogP contribution in [0.5, 0.6) is 5.75 Å². The van der Waals surface area contributed by atoms with Crippen molar-refractivity contribution in [3.05, 3.63) is 29.8 Å². The van der Waals surface area contributed by atoms with E-state index in [2.05, 4.69) is 15.5 Å². The molecule has 0 radical (unpaired) electrons. The van der Waals surface area contributed by atoms with Crippen LogP contribution in [0.1, 0.15) is 43.0 Å². The maximum atomic E-state index is 13.3. The quantitative estimate of drug-likeness (QED) is 0.670. The molecule has 2 aliphatic rings. The number of nitrogens with one attached hydrogen (secondary N) is 2. The zero-order valence-corrected chi connectivity index (χ0v) is 18.7. The average molecular weight is 433 g/mol. The van der Waals surface area contributed by atoms with Gasteiger partial charge in [0.05, 0.1) is 7.11 Å². The van der Waals surface area contributed by atoms with Gasteiger partial charge in [-0.2, -0.15) is 0 Å². The highest BCUT2D eigenvalue weighted by atomic mass is 32.1. The molecule has 30 heavy (non-hydrogen) atoms. The van der Waals surface area contributed by atoms with Crippen molar-refractivity contribution in [1.82, 2.24) is 20.4 Å². The number of hydrogen-bond donors (Lipinski definition) is 2. The maximum absolute atomic E-state index is 13.3. The van der Waals surface area contributed by atoms with Gasteiger partial charge in [-0.05, 0) is 68.9 Å². The second-order valence-corrected chi connectivity index (χ2v) is 8.26. The highest BCUT2D eigenvalue weighted by Gasteiger charge is 2.36. The number of nitrogens with zero attached hydrogens (tertiary/aromatic N) is 2. The van der Waals surface area contributed by atoms with Crippen molar-refractivity contribution in [2.45, 2.75) is 38.6 Å². The number of likely N-dealkylation sites (tertiary alicyclic amines) is 2. The van der Waals surface area contributed by atoms with E-state index < -0.39 is 6.04 Å². The Kier molecular flexibility index (Phi) is 7.90. The van der Waals surface area contributed by atoms with Gasteiger partial charge >= 0.3 is 0 Å². The lowest BCUT2D eigenvalue weighted by Gasteiger charge is -2.38. The van der Waals surface area contributed by atoms with Crippen molar-refractivity contribution in [3.63, 3.8) is 0 Å². The fraction of sp³-hybridized carbons (Fsp3) is 0.591. The lowest BCUT2D eigenvalue weighted by atomic mass is 9.88. The topological polar surface area (TPSA) is 73.9 Å². The summed E-state index contributed by atoms with van der Waals surface area (Å²) in [5.74, 6) is 0.511. The second kappa shape index (κ2) is 10.6. The first-order valence-corrected chi connectivity index (χ1v) is 11.2. The summed E-state index contributed by atoms with van der Waals surface area (Å²) < 4.78 is 5.23. The Morgan fingerprint density at radius 1 is 1.17 bits per heavy atom. The van der Waals surface area contributed by atoms with Gasteiger partial charge in [-0.25, -0.2) is 0 Å². The van der Waals surface area contributed by atoms with E-state index in [9.17, 15) is 9.59 Å². The minimum Gasteiger partial charge on any atom is -0.497 e. The molecular weight excluding hydrogens is 400 g/mol. The average Bonchev–Trinajstić information content (AvgIpc) is 3.32. The molecule has 0 spiro atoms. The molecule has 2 fully saturated rings. The van der Waals surface area contributed by atoms with Crippen LogP contribution >= 0.6 is 12.2 Å². The molecule has 3 rings (SSSR count). The zero-order valence-electron chi connectivity index (χ0n) is 17.9. The normalized spacial score (nSPS) is 18.1. The molecule has 2 heterocycles. The molecule has 1 aromatic rings. The predicted molar refractivity (Wildman–Crippen MR) is 121 cm³/mol. The van der Waals surface area contributed by atoms with E-state index in [0.29, 0.717) is 11.3 Å². The number of amides is 2. The number of hydrogen-bond acceptors (Lipinski definition) is 4. The third-order valence-corrected chi connectivity index (χ3v) is 6.33. The van der Waals surface area contributed by atoms with Crippen LogP contribution in [-0.2, 0) is 4.79 Å². The third-order valence-electron chi connectivity index (χ3n) is 5.93. The number of carbonyl (C=O) groups is 2. The fourth-order valence-corrected chi connectivity index (χ4v) is 4.53. The molecule has 2 N–H and O–H groups in total. The minimum absolute atomic E-state index is 0.0384. The Hall–Kier alpha value is -2.35. The number of thiocarbonyl (C=S) groups is 1. The van der Waals surface area contributed by atoms with Gasteiger partial charge in [0.25, 0.3) is 5.91 Å². The molecular formula is C22H32N4O3S. The van der Waals surface area contributed by atoms with Crippen LogP contribution in [0.25, 0.3) is 0 Å². The van der Waals surface area contributed by atoms with Gasteiger partial charge in [0, 0.05) is 38.3 Å². The van der Waals surface area contributed by atoms with E-state index >= 15 is 0 Å². The fourth-order valence-electron chi connectivity index (χ4n) is 4.20. The summed E-state index contributed by atoms with van der Waals surface area (Å²) in [4.78, 5) is 30.3. The van der Waals surface area contributed by atoms with Crippen LogP contribution in [0, 0.1) is 5.92 Å². The van der Waals surface area contributed by atoms with Crippen LogP contribution < -0.4 is 15.4 Å². The summed E-state index contributed by atoms with van der Waals surface area (Å²) in [6.45, 7) is 5.94. The molecule has 7 nitrogen and oxygen atoms in total. The van der Waals surface area contributed by atoms with Crippen molar-refractivity contribution >= 4 is 29.1 Å².